The summed E-state index contributed by atoms with van der Waals surface area (Å²) in [7, 11) is 0. The summed E-state index contributed by atoms with van der Waals surface area (Å²) in [5.41, 5.74) is 4.15. The Morgan fingerprint density at radius 3 is 2.21 bits per heavy atom. The first-order valence-corrected chi connectivity index (χ1v) is 7.67. The van der Waals surface area contributed by atoms with Crippen LogP contribution in [0.3, 0.4) is 0 Å². The van der Waals surface area contributed by atoms with Crippen LogP contribution in [0.1, 0.15) is 26.3 Å². The lowest BCUT2D eigenvalue weighted by molar-refractivity contribution is -0.136. The van der Waals surface area contributed by atoms with E-state index in [1.165, 1.54) is 6.07 Å². The first-order chi connectivity index (χ1) is 11.0. The van der Waals surface area contributed by atoms with E-state index in [-0.39, 0.29) is 5.69 Å². The first-order valence-electron chi connectivity index (χ1n) is 7.67. The molecule has 0 unspecified atom stereocenters. The number of carbonyl (C=O) groups is 1. The van der Waals surface area contributed by atoms with Gasteiger partial charge in [0.25, 0.3) is 0 Å². The molecule has 1 aliphatic heterocycles. The van der Waals surface area contributed by atoms with E-state index in [0.29, 0.717) is 31.9 Å². The van der Waals surface area contributed by atoms with Crippen molar-refractivity contribution in [2.75, 3.05) is 36.8 Å². The molecule has 24 heavy (non-hydrogen) atoms. The maximum Gasteiger partial charge on any atom is 0.418 e. The van der Waals surface area contributed by atoms with Gasteiger partial charge in [0, 0.05) is 37.6 Å². The van der Waals surface area contributed by atoms with Crippen molar-refractivity contribution in [1.29, 1.82) is 0 Å². The molecule has 2 rings (SSSR count). The molecule has 1 heterocycles. The van der Waals surface area contributed by atoms with E-state index in [1.807, 2.05) is 0 Å². The van der Waals surface area contributed by atoms with Crippen LogP contribution in [0.4, 0.5) is 29.3 Å². The van der Waals surface area contributed by atoms with Gasteiger partial charge in [-0.25, -0.2) is 4.79 Å². The van der Waals surface area contributed by atoms with Crippen molar-refractivity contribution >= 4 is 17.5 Å². The second-order valence-electron chi connectivity index (χ2n) is 6.72. The van der Waals surface area contributed by atoms with Crippen molar-refractivity contribution in [3.8, 4) is 0 Å². The smallest absolute Gasteiger partial charge is 0.418 e. The van der Waals surface area contributed by atoms with Crippen molar-refractivity contribution in [3.63, 3.8) is 0 Å². The molecule has 2 N–H and O–H groups in total. The zero-order valence-corrected chi connectivity index (χ0v) is 14.0. The monoisotopic (exact) mass is 345 g/mol. The normalized spacial score (nSPS) is 16.2. The Balaban J connectivity index is 2.04. The topological polar surface area (TPSA) is 58.8 Å². The molecule has 0 saturated carbocycles. The number of benzene rings is 1. The van der Waals surface area contributed by atoms with Gasteiger partial charge >= 0.3 is 12.3 Å². The van der Waals surface area contributed by atoms with Gasteiger partial charge in [-0.2, -0.15) is 13.2 Å². The molecule has 1 aromatic rings. The molecule has 1 fully saturated rings. The number of anilines is 2. The number of halogens is 3. The third-order valence-electron chi connectivity index (χ3n) is 3.64. The molecule has 1 aliphatic rings. The number of nitrogens with two attached hydrogens (primary N) is 1. The van der Waals surface area contributed by atoms with Crippen molar-refractivity contribution in [1.82, 2.24) is 4.90 Å². The average Bonchev–Trinajstić information content (AvgIpc) is 2.45. The number of ether oxygens (including phenoxy) is 1. The van der Waals surface area contributed by atoms with Gasteiger partial charge in [0.05, 0.1) is 5.56 Å². The summed E-state index contributed by atoms with van der Waals surface area (Å²) in [5, 5.41) is 0. The van der Waals surface area contributed by atoms with Crippen LogP contribution >= 0.6 is 0 Å². The minimum atomic E-state index is -4.49. The third-order valence-corrected chi connectivity index (χ3v) is 3.64. The van der Waals surface area contributed by atoms with Crippen LogP contribution < -0.4 is 10.6 Å². The van der Waals surface area contributed by atoms with Crippen LogP contribution in [0.2, 0.25) is 0 Å². The van der Waals surface area contributed by atoms with Gasteiger partial charge < -0.3 is 20.3 Å². The molecule has 0 aromatic heterocycles. The van der Waals surface area contributed by atoms with Gasteiger partial charge in [-0.3, -0.25) is 0 Å². The van der Waals surface area contributed by atoms with E-state index in [0.717, 1.165) is 6.07 Å². The number of piperazine rings is 1. The lowest BCUT2D eigenvalue weighted by Gasteiger charge is -2.37. The van der Waals surface area contributed by atoms with E-state index >= 15 is 0 Å². The van der Waals surface area contributed by atoms with Gasteiger partial charge in [-0.15, -0.1) is 0 Å². The second kappa shape index (κ2) is 6.41. The first kappa shape index (κ1) is 18.2. The zero-order valence-electron chi connectivity index (χ0n) is 14.0. The van der Waals surface area contributed by atoms with E-state index in [1.54, 1.807) is 36.6 Å². The second-order valence-corrected chi connectivity index (χ2v) is 6.72. The number of alkyl halides is 3. The summed E-state index contributed by atoms with van der Waals surface area (Å²) >= 11 is 0. The van der Waals surface area contributed by atoms with E-state index < -0.39 is 23.4 Å². The van der Waals surface area contributed by atoms with Crippen molar-refractivity contribution in [2.24, 2.45) is 0 Å². The highest BCUT2D eigenvalue weighted by atomic mass is 19.4. The number of hydrogen-bond donors (Lipinski definition) is 1. The number of nitrogens with zero attached hydrogens (tertiary/aromatic N) is 2. The van der Waals surface area contributed by atoms with Gasteiger partial charge in [-0.05, 0) is 39.0 Å². The Morgan fingerprint density at radius 2 is 1.71 bits per heavy atom. The Morgan fingerprint density at radius 1 is 1.12 bits per heavy atom. The summed E-state index contributed by atoms with van der Waals surface area (Å²) in [5.74, 6) is 0. The summed E-state index contributed by atoms with van der Waals surface area (Å²) in [6.07, 6.45) is -4.89. The van der Waals surface area contributed by atoms with Crippen LogP contribution in [0.25, 0.3) is 0 Å². The average molecular weight is 345 g/mol. The third kappa shape index (κ3) is 4.46. The Kier molecular flexibility index (Phi) is 4.87. The van der Waals surface area contributed by atoms with Crippen LogP contribution in [0.15, 0.2) is 18.2 Å². The maximum atomic E-state index is 13.0. The minimum Gasteiger partial charge on any atom is -0.444 e. The molecule has 0 bridgehead atoms. The molecule has 134 valence electrons. The quantitative estimate of drug-likeness (QED) is 0.793. The molecule has 8 heteroatoms. The fourth-order valence-corrected chi connectivity index (χ4v) is 2.46. The summed E-state index contributed by atoms with van der Waals surface area (Å²) in [4.78, 5) is 15.4. The van der Waals surface area contributed by atoms with Crippen LogP contribution in [0.5, 0.6) is 0 Å². The summed E-state index contributed by atoms with van der Waals surface area (Å²) in [6.45, 7) is 7.00. The van der Waals surface area contributed by atoms with Crippen LogP contribution in [-0.4, -0.2) is 42.8 Å². The maximum absolute atomic E-state index is 13.0. The van der Waals surface area contributed by atoms with Gasteiger partial charge in [0.1, 0.15) is 5.60 Å². The van der Waals surface area contributed by atoms with Crippen LogP contribution in [-0.2, 0) is 10.9 Å². The highest BCUT2D eigenvalue weighted by Crippen LogP contribution is 2.36. The molecular weight excluding hydrogens is 323 g/mol. The largest absolute Gasteiger partial charge is 0.444 e. The van der Waals surface area contributed by atoms with E-state index in [4.69, 9.17) is 10.5 Å². The Labute approximate surface area is 139 Å². The minimum absolute atomic E-state index is 0.293. The Hall–Kier alpha value is -2.12. The zero-order chi connectivity index (χ0) is 18.1. The number of amides is 1. The molecule has 1 aromatic carbocycles. The summed E-state index contributed by atoms with van der Waals surface area (Å²) < 4.78 is 44.2. The predicted molar refractivity (Wildman–Crippen MR) is 85.9 cm³/mol. The number of rotatable bonds is 1. The standard InChI is InChI=1S/C16H22F3N3O2/c1-15(2,3)24-14(23)22-8-6-21(7-9-22)11-4-5-13(20)12(10-11)16(17,18)19/h4-5,10H,6-9,20H2,1-3H3. The molecule has 0 atom stereocenters. The SMILES string of the molecule is CC(C)(C)OC(=O)N1CCN(c2ccc(N)c(C(F)(F)F)c2)CC1. The molecule has 1 amide bonds. The number of nitrogen functional groups attached to an aromatic ring is 1. The number of carbonyl (C=O) groups excluding carboxylic acids is 1. The lowest BCUT2D eigenvalue weighted by Crippen LogP contribution is -2.50. The predicted octanol–water partition coefficient (Wildman–Crippen LogP) is 3.34. The van der Waals surface area contributed by atoms with Gasteiger partial charge in [0.2, 0.25) is 0 Å². The molecule has 0 aliphatic carbocycles. The Bertz CT molecular complexity index is 604. The molecule has 1 saturated heterocycles. The van der Waals surface area contributed by atoms with E-state index in [9.17, 15) is 18.0 Å². The van der Waals surface area contributed by atoms with Crippen molar-refractivity contribution < 1.29 is 22.7 Å². The van der Waals surface area contributed by atoms with E-state index in [2.05, 4.69) is 0 Å². The van der Waals surface area contributed by atoms with Gasteiger partial charge in [0.15, 0.2) is 0 Å². The fraction of sp³-hybridized carbons (Fsp3) is 0.562. The number of hydrogen-bond acceptors (Lipinski definition) is 4. The summed E-state index contributed by atoms with van der Waals surface area (Å²) in [6, 6.07) is 3.88. The van der Waals surface area contributed by atoms with Crippen molar-refractivity contribution in [2.45, 2.75) is 32.5 Å². The highest BCUT2D eigenvalue weighted by molar-refractivity contribution is 5.69. The highest BCUT2D eigenvalue weighted by Gasteiger charge is 2.34. The molecule has 0 spiro atoms. The van der Waals surface area contributed by atoms with Crippen LogP contribution in [0, 0.1) is 0 Å². The molecular formula is C16H22F3N3O2. The van der Waals surface area contributed by atoms with Gasteiger partial charge in [-0.1, -0.05) is 0 Å². The molecule has 5 nitrogen and oxygen atoms in total. The van der Waals surface area contributed by atoms with Crippen molar-refractivity contribution in [3.05, 3.63) is 23.8 Å². The molecule has 0 radical (unpaired) electrons. The lowest BCUT2D eigenvalue weighted by atomic mass is 10.1. The fourth-order valence-electron chi connectivity index (χ4n) is 2.46.